The lowest BCUT2D eigenvalue weighted by atomic mass is 10.0. The summed E-state index contributed by atoms with van der Waals surface area (Å²) in [6, 6.07) is 0. The Balaban J connectivity index is 0.00000106. The lowest BCUT2D eigenvalue weighted by Gasteiger charge is -1.95. The van der Waals surface area contributed by atoms with Crippen LogP contribution in [0.25, 0.3) is 12.2 Å². The number of hydrogen-bond donors (Lipinski definition) is 1. The molecular weight excluding hydrogens is 202 g/mol. The van der Waals surface area contributed by atoms with Gasteiger partial charge in [-0.05, 0) is 6.08 Å². The fourth-order valence-electron chi connectivity index (χ4n) is 1.22. The third-order valence-electron chi connectivity index (χ3n) is 1.92. The van der Waals surface area contributed by atoms with Gasteiger partial charge in [0, 0.05) is 24.4 Å². The molecule has 3 heteroatoms. The highest BCUT2D eigenvalue weighted by molar-refractivity contribution is 6.43. The number of nitrogens with one attached hydrogen (secondary N) is 1. The van der Waals surface area contributed by atoms with E-state index in [1.165, 1.54) is 19.2 Å². The van der Waals surface area contributed by atoms with Gasteiger partial charge in [-0.2, -0.15) is 0 Å². The molecule has 16 heavy (non-hydrogen) atoms. The van der Waals surface area contributed by atoms with Crippen LogP contribution in [0.5, 0.6) is 0 Å². The Morgan fingerprint density at radius 2 is 1.81 bits per heavy atom. The standard InChI is InChI=1S/C11H11NO2.C2H6/c1-4-8-9(11(14)7(3)13)6-12-10(8)5-2;1-2/h4-6,12H,1-2H2,3H3;1-2H3. The summed E-state index contributed by atoms with van der Waals surface area (Å²) in [7, 11) is 0. The fourth-order valence-corrected chi connectivity index (χ4v) is 1.22. The molecule has 1 aromatic heterocycles. The maximum absolute atomic E-state index is 11.4. The summed E-state index contributed by atoms with van der Waals surface area (Å²) in [6.07, 6.45) is 4.61. The minimum atomic E-state index is -0.510. The smallest absolute Gasteiger partial charge is 0.230 e. The van der Waals surface area contributed by atoms with Crippen molar-refractivity contribution in [2.75, 3.05) is 0 Å². The Morgan fingerprint density at radius 1 is 1.25 bits per heavy atom. The van der Waals surface area contributed by atoms with Crippen LogP contribution in [0.2, 0.25) is 0 Å². The molecule has 0 aliphatic heterocycles. The van der Waals surface area contributed by atoms with E-state index >= 15 is 0 Å². The van der Waals surface area contributed by atoms with Crippen molar-refractivity contribution in [1.82, 2.24) is 4.98 Å². The van der Waals surface area contributed by atoms with E-state index in [1.54, 1.807) is 6.08 Å². The molecule has 0 saturated carbocycles. The molecule has 1 aromatic rings. The summed E-state index contributed by atoms with van der Waals surface area (Å²) in [5, 5.41) is 0. The molecule has 0 atom stereocenters. The monoisotopic (exact) mass is 219 g/mol. The van der Waals surface area contributed by atoms with E-state index < -0.39 is 11.6 Å². The molecule has 0 amide bonds. The number of aromatic nitrogens is 1. The molecule has 0 aliphatic rings. The highest BCUT2D eigenvalue weighted by atomic mass is 16.2. The summed E-state index contributed by atoms with van der Waals surface area (Å²) in [6.45, 7) is 12.4. The zero-order valence-corrected chi connectivity index (χ0v) is 9.96. The number of H-pyrrole nitrogens is 1. The molecule has 0 spiro atoms. The van der Waals surface area contributed by atoms with Crippen LogP contribution in [0.1, 0.15) is 42.4 Å². The number of Topliss-reactive ketones (excluding diaryl/α,β-unsaturated/α-hetero) is 2. The van der Waals surface area contributed by atoms with Gasteiger partial charge in [0.05, 0.1) is 5.56 Å². The number of aromatic amines is 1. The van der Waals surface area contributed by atoms with Crippen molar-refractivity contribution >= 4 is 23.7 Å². The summed E-state index contributed by atoms with van der Waals surface area (Å²) in [5.41, 5.74) is 1.67. The van der Waals surface area contributed by atoms with E-state index in [2.05, 4.69) is 18.1 Å². The second-order valence-electron chi connectivity index (χ2n) is 2.82. The van der Waals surface area contributed by atoms with Crippen LogP contribution in [-0.2, 0) is 4.79 Å². The maximum atomic E-state index is 11.4. The summed E-state index contributed by atoms with van der Waals surface area (Å²) >= 11 is 0. The largest absolute Gasteiger partial charge is 0.360 e. The van der Waals surface area contributed by atoms with E-state index in [9.17, 15) is 9.59 Å². The van der Waals surface area contributed by atoms with Crippen molar-refractivity contribution in [3.8, 4) is 0 Å². The Kier molecular flexibility index (Phi) is 5.78. The summed E-state index contributed by atoms with van der Waals surface area (Å²) in [4.78, 5) is 25.1. The predicted octanol–water partition coefficient (Wildman–Crippen LogP) is 3.10. The van der Waals surface area contributed by atoms with Crippen LogP contribution in [0.15, 0.2) is 19.4 Å². The van der Waals surface area contributed by atoms with Gasteiger partial charge in [-0.3, -0.25) is 9.59 Å². The molecule has 0 fully saturated rings. The lowest BCUT2D eigenvalue weighted by Crippen LogP contribution is -2.09. The SMILES string of the molecule is C=Cc1[nH]cc(C(=O)C(C)=O)c1C=C.CC. The van der Waals surface area contributed by atoms with Crippen molar-refractivity contribution in [2.24, 2.45) is 0 Å². The van der Waals surface area contributed by atoms with Crippen LogP contribution in [0.3, 0.4) is 0 Å². The van der Waals surface area contributed by atoms with Crippen molar-refractivity contribution in [1.29, 1.82) is 0 Å². The van der Waals surface area contributed by atoms with E-state index in [0.717, 1.165) is 0 Å². The van der Waals surface area contributed by atoms with E-state index in [4.69, 9.17) is 0 Å². The molecule has 0 unspecified atom stereocenters. The van der Waals surface area contributed by atoms with Crippen molar-refractivity contribution < 1.29 is 9.59 Å². The molecule has 86 valence electrons. The first-order chi connectivity index (χ1) is 7.61. The van der Waals surface area contributed by atoms with E-state index in [0.29, 0.717) is 16.8 Å². The fraction of sp³-hybridized carbons (Fsp3) is 0.231. The minimum absolute atomic E-state index is 0.349. The van der Waals surface area contributed by atoms with Crippen LogP contribution < -0.4 is 0 Å². The van der Waals surface area contributed by atoms with Crippen molar-refractivity contribution in [3.63, 3.8) is 0 Å². The number of hydrogen-bond acceptors (Lipinski definition) is 2. The average molecular weight is 219 g/mol. The lowest BCUT2D eigenvalue weighted by molar-refractivity contribution is -0.113. The van der Waals surface area contributed by atoms with E-state index in [1.807, 2.05) is 13.8 Å². The third kappa shape index (κ3) is 2.79. The van der Waals surface area contributed by atoms with Gasteiger partial charge in [-0.15, -0.1) is 0 Å². The zero-order chi connectivity index (χ0) is 12.7. The normalized spacial score (nSPS) is 8.69. The molecular formula is C13H17NO2. The zero-order valence-electron chi connectivity index (χ0n) is 9.96. The van der Waals surface area contributed by atoms with Crippen LogP contribution in [0.4, 0.5) is 0 Å². The molecule has 0 radical (unpaired) electrons. The summed E-state index contributed by atoms with van der Waals surface area (Å²) in [5.74, 6) is -0.994. The van der Waals surface area contributed by atoms with Gasteiger partial charge in [0.25, 0.3) is 0 Å². The van der Waals surface area contributed by atoms with Crippen LogP contribution in [-0.4, -0.2) is 16.6 Å². The topological polar surface area (TPSA) is 49.9 Å². The molecule has 0 aromatic carbocycles. The Hall–Kier alpha value is -1.90. The quantitative estimate of drug-likeness (QED) is 0.625. The summed E-state index contributed by atoms with van der Waals surface area (Å²) < 4.78 is 0. The Morgan fingerprint density at radius 3 is 2.19 bits per heavy atom. The minimum Gasteiger partial charge on any atom is -0.360 e. The Bertz CT molecular complexity index is 414. The van der Waals surface area contributed by atoms with Crippen LogP contribution >= 0.6 is 0 Å². The van der Waals surface area contributed by atoms with Crippen LogP contribution in [0, 0.1) is 0 Å². The van der Waals surface area contributed by atoms with Gasteiger partial charge >= 0.3 is 0 Å². The van der Waals surface area contributed by atoms with E-state index in [-0.39, 0.29) is 0 Å². The molecule has 3 nitrogen and oxygen atoms in total. The molecule has 0 saturated heterocycles. The number of ketones is 2. The van der Waals surface area contributed by atoms with Gasteiger partial charge < -0.3 is 4.98 Å². The number of carbonyl (C=O) groups is 2. The van der Waals surface area contributed by atoms with Crippen molar-refractivity contribution in [3.05, 3.63) is 36.2 Å². The number of rotatable bonds is 4. The van der Waals surface area contributed by atoms with Gasteiger partial charge in [0.1, 0.15) is 0 Å². The maximum Gasteiger partial charge on any atom is 0.230 e. The first kappa shape index (κ1) is 14.1. The highest BCUT2D eigenvalue weighted by Crippen LogP contribution is 2.17. The third-order valence-corrected chi connectivity index (χ3v) is 1.92. The van der Waals surface area contributed by atoms with Gasteiger partial charge in [-0.25, -0.2) is 0 Å². The van der Waals surface area contributed by atoms with Crippen molar-refractivity contribution in [2.45, 2.75) is 20.8 Å². The first-order valence-corrected chi connectivity index (χ1v) is 5.13. The molecule has 1 rings (SSSR count). The van der Waals surface area contributed by atoms with Gasteiger partial charge in [-0.1, -0.05) is 33.1 Å². The van der Waals surface area contributed by atoms with Gasteiger partial charge in [0.15, 0.2) is 5.78 Å². The predicted molar refractivity (Wildman–Crippen MR) is 67.3 cm³/mol. The highest BCUT2D eigenvalue weighted by Gasteiger charge is 2.17. The molecule has 1 N–H and O–H groups in total. The average Bonchev–Trinajstić information content (AvgIpc) is 2.72. The number of carbonyl (C=O) groups excluding carboxylic acids is 2. The molecule has 0 bridgehead atoms. The Labute approximate surface area is 95.9 Å². The van der Waals surface area contributed by atoms with Gasteiger partial charge in [0.2, 0.25) is 5.78 Å². The first-order valence-electron chi connectivity index (χ1n) is 5.13. The second-order valence-corrected chi connectivity index (χ2v) is 2.82. The molecule has 1 heterocycles. The molecule has 0 aliphatic carbocycles. The second kappa shape index (κ2) is 6.56.